The average molecular weight is 443 g/mol. The molecule has 0 aliphatic carbocycles. The molecule has 8 nitrogen and oxygen atoms in total. The third-order valence-electron chi connectivity index (χ3n) is 5.37. The van der Waals surface area contributed by atoms with Gasteiger partial charge in [-0.3, -0.25) is 4.79 Å². The van der Waals surface area contributed by atoms with E-state index in [9.17, 15) is 10.1 Å². The molecule has 168 valence electrons. The number of carbonyl (C=O) groups is 1. The fourth-order valence-corrected chi connectivity index (χ4v) is 3.47. The quantitative estimate of drug-likeness (QED) is 0.590. The average Bonchev–Trinajstić information content (AvgIpc) is 2.85. The predicted octanol–water partition coefficient (Wildman–Crippen LogP) is 4.19. The molecule has 0 atom stereocenters. The molecule has 2 N–H and O–H groups in total. The van der Waals surface area contributed by atoms with Gasteiger partial charge in [-0.15, -0.1) is 0 Å². The maximum atomic E-state index is 12.0. The van der Waals surface area contributed by atoms with Gasteiger partial charge in [0.15, 0.2) is 0 Å². The zero-order valence-corrected chi connectivity index (χ0v) is 18.7. The minimum Gasteiger partial charge on any atom is -0.378 e. The topological polar surface area (TPSA) is 103 Å². The van der Waals surface area contributed by atoms with Crippen molar-refractivity contribution in [1.82, 2.24) is 9.97 Å². The lowest BCUT2D eigenvalue weighted by atomic mass is 10.1. The summed E-state index contributed by atoms with van der Waals surface area (Å²) in [6.07, 6.45) is 1.67. The molecule has 0 unspecified atom stereocenters. The van der Waals surface area contributed by atoms with E-state index < -0.39 is 0 Å². The summed E-state index contributed by atoms with van der Waals surface area (Å²) in [5.74, 6) is 0.157. The van der Waals surface area contributed by atoms with Crippen molar-refractivity contribution < 1.29 is 9.53 Å². The lowest BCUT2D eigenvalue weighted by Crippen LogP contribution is -2.36. The van der Waals surface area contributed by atoms with Gasteiger partial charge >= 0.3 is 0 Å². The smallest absolute Gasteiger partial charge is 0.227 e. The molecule has 33 heavy (non-hydrogen) atoms. The number of benzene rings is 2. The van der Waals surface area contributed by atoms with E-state index in [1.54, 1.807) is 38.2 Å². The molecule has 1 aromatic heterocycles. The standard InChI is InChI=1S/C25H26N6O2/c1-17(2)24(32)29-22-8-3-18(15-19(22)16-26)23-9-10-27-25(30-23)28-20-4-6-21(7-5-20)31-11-13-33-14-12-31/h3-10,15,17H,11-14H2,1-2H3,(H,29,32)(H,27,28,30). The van der Waals surface area contributed by atoms with E-state index in [0.29, 0.717) is 22.9 Å². The number of anilines is 4. The van der Waals surface area contributed by atoms with Crippen molar-refractivity contribution in [3.8, 4) is 17.3 Å². The molecule has 0 bridgehead atoms. The summed E-state index contributed by atoms with van der Waals surface area (Å²) in [5.41, 5.74) is 4.36. The van der Waals surface area contributed by atoms with Crippen LogP contribution < -0.4 is 15.5 Å². The molecule has 1 fully saturated rings. The van der Waals surface area contributed by atoms with E-state index in [-0.39, 0.29) is 11.8 Å². The number of hydrogen-bond donors (Lipinski definition) is 2. The molecule has 1 aliphatic rings. The van der Waals surface area contributed by atoms with Crippen LogP contribution in [-0.2, 0) is 9.53 Å². The third-order valence-corrected chi connectivity index (χ3v) is 5.37. The molecule has 8 heteroatoms. The fraction of sp³-hybridized carbons (Fsp3) is 0.280. The van der Waals surface area contributed by atoms with Crippen LogP contribution in [0.15, 0.2) is 54.7 Å². The van der Waals surface area contributed by atoms with Crippen molar-refractivity contribution in [2.75, 3.05) is 41.8 Å². The molecule has 0 saturated carbocycles. The summed E-state index contributed by atoms with van der Waals surface area (Å²) in [6.45, 7) is 6.90. The number of morpholine rings is 1. The first-order chi connectivity index (χ1) is 16.0. The Morgan fingerprint density at radius 3 is 2.58 bits per heavy atom. The van der Waals surface area contributed by atoms with Crippen LogP contribution in [0.25, 0.3) is 11.3 Å². The summed E-state index contributed by atoms with van der Waals surface area (Å²) in [6, 6.07) is 17.4. The summed E-state index contributed by atoms with van der Waals surface area (Å²) >= 11 is 0. The molecule has 1 saturated heterocycles. The number of nitriles is 1. The summed E-state index contributed by atoms with van der Waals surface area (Å²) in [5, 5.41) is 15.6. The molecule has 0 spiro atoms. The summed E-state index contributed by atoms with van der Waals surface area (Å²) < 4.78 is 5.41. The molecular weight excluding hydrogens is 416 g/mol. The van der Waals surface area contributed by atoms with Gasteiger partial charge in [0.2, 0.25) is 11.9 Å². The van der Waals surface area contributed by atoms with E-state index >= 15 is 0 Å². The maximum absolute atomic E-state index is 12.0. The van der Waals surface area contributed by atoms with E-state index in [2.05, 4.69) is 43.7 Å². The first-order valence-electron chi connectivity index (χ1n) is 10.9. The molecule has 4 rings (SSSR count). The Kier molecular flexibility index (Phi) is 6.81. The number of carbonyl (C=O) groups excluding carboxylic acids is 1. The van der Waals surface area contributed by atoms with Crippen molar-refractivity contribution in [1.29, 1.82) is 5.26 Å². The molecule has 2 heterocycles. The highest BCUT2D eigenvalue weighted by atomic mass is 16.5. The van der Waals surface area contributed by atoms with Crippen LogP contribution in [0.4, 0.5) is 23.0 Å². The highest BCUT2D eigenvalue weighted by Crippen LogP contribution is 2.26. The molecular formula is C25H26N6O2. The van der Waals surface area contributed by atoms with Crippen molar-refractivity contribution in [3.63, 3.8) is 0 Å². The first kappa shape index (κ1) is 22.2. The first-order valence-corrected chi connectivity index (χ1v) is 10.9. The van der Waals surface area contributed by atoms with E-state index in [0.717, 1.165) is 43.2 Å². The Labute approximate surface area is 193 Å². The van der Waals surface area contributed by atoms with Crippen LogP contribution in [0.2, 0.25) is 0 Å². The van der Waals surface area contributed by atoms with Crippen LogP contribution >= 0.6 is 0 Å². The number of rotatable bonds is 6. The van der Waals surface area contributed by atoms with Gasteiger partial charge in [0, 0.05) is 42.1 Å². The van der Waals surface area contributed by atoms with E-state index in [4.69, 9.17) is 4.74 Å². The second-order valence-corrected chi connectivity index (χ2v) is 8.05. The van der Waals surface area contributed by atoms with E-state index in [1.165, 1.54) is 0 Å². The normalized spacial score (nSPS) is 13.5. The third kappa shape index (κ3) is 5.45. The maximum Gasteiger partial charge on any atom is 0.227 e. The van der Waals surface area contributed by atoms with Crippen molar-refractivity contribution in [2.45, 2.75) is 13.8 Å². The Morgan fingerprint density at radius 1 is 1.12 bits per heavy atom. The second kappa shape index (κ2) is 10.1. The van der Waals surface area contributed by atoms with Crippen LogP contribution in [0.3, 0.4) is 0 Å². The largest absolute Gasteiger partial charge is 0.378 e. The van der Waals surface area contributed by atoms with Gasteiger partial charge in [0.05, 0.1) is 30.2 Å². The highest BCUT2D eigenvalue weighted by Gasteiger charge is 2.13. The number of nitrogens with zero attached hydrogens (tertiary/aromatic N) is 4. The Balaban J connectivity index is 1.49. The Hall–Kier alpha value is -3.96. The van der Waals surface area contributed by atoms with Crippen LogP contribution in [0, 0.1) is 17.2 Å². The van der Waals surface area contributed by atoms with Crippen LogP contribution in [-0.4, -0.2) is 42.2 Å². The highest BCUT2D eigenvalue weighted by molar-refractivity contribution is 5.93. The molecule has 1 amide bonds. The van der Waals surface area contributed by atoms with Gasteiger partial charge in [-0.2, -0.15) is 5.26 Å². The number of aromatic nitrogens is 2. The zero-order chi connectivity index (χ0) is 23.2. The lowest BCUT2D eigenvalue weighted by Gasteiger charge is -2.28. The molecule has 2 aromatic carbocycles. The van der Waals surface area contributed by atoms with Crippen molar-refractivity contribution in [3.05, 3.63) is 60.3 Å². The second-order valence-electron chi connectivity index (χ2n) is 8.05. The Morgan fingerprint density at radius 2 is 1.88 bits per heavy atom. The Bertz CT molecular complexity index is 1160. The molecule has 3 aromatic rings. The van der Waals surface area contributed by atoms with Gasteiger partial charge in [-0.1, -0.05) is 19.9 Å². The van der Waals surface area contributed by atoms with Crippen molar-refractivity contribution >= 4 is 28.9 Å². The van der Waals surface area contributed by atoms with Gasteiger partial charge in [0.25, 0.3) is 0 Å². The van der Waals surface area contributed by atoms with Gasteiger partial charge < -0.3 is 20.3 Å². The zero-order valence-electron chi connectivity index (χ0n) is 18.7. The minimum absolute atomic E-state index is 0.132. The predicted molar refractivity (Wildman–Crippen MR) is 128 cm³/mol. The number of hydrogen-bond acceptors (Lipinski definition) is 7. The lowest BCUT2D eigenvalue weighted by molar-refractivity contribution is -0.118. The molecule has 1 aliphatic heterocycles. The number of nitrogens with one attached hydrogen (secondary N) is 2. The minimum atomic E-state index is -0.172. The summed E-state index contributed by atoms with van der Waals surface area (Å²) in [7, 11) is 0. The van der Waals surface area contributed by atoms with E-state index in [1.807, 2.05) is 18.2 Å². The monoisotopic (exact) mass is 442 g/mol. The fourth-order valence-electron chi connectivity index (χ4n) is 3.47. The SMILES string of the molecule is CC(C)C(=O)Nc1ccc(-c2ccnc(Nc3ccc(N4CCOCC4)cc3)n2)cc1C#N. The van der Waals surface area contributed by atoms with Gasteiger partial charge in [-0.25, -0.2) is 9.97 Å². The van der Waals surface area contributed by atoms with Crippen molar-refractivity contribution in [2.24, 2.45) is 5.92 Å². The van der Waals surface area contributed by atoms with Crippen LogP contribution in [0.5, 0.6) is 0 Å². The van der Waals surface area contributed by atoms with Crippen LogP contribution in [0.1, 0.15) is 19.4 Å². The summed E-state index contributed by atoms with van der Waals surface area (Å²) in [4.78, 5) is 23.2. The number of amides is 1. The van der Waals surface area contributed by atoms with Gasteiger partial charge in [0.1, 0.15) is 6.07 Å². The van der Waals surface area contributed by atoms with Gasteiger partial charge in [-0.05, 0) is 42.5 Å². The molecule has 0 radical (unpaired) electrons. The number of ether oxygens (including phenoxy) is 1.